The van der Waals surface area contributed by atoms with Crippen molar-refractivity contribution in [3.63, 3.8) is 0 Å². The van der Waals surface area contributed by atoms with Crippen LogP contribution in [0.1, 0.15) is 25.1 Å². The normalized spacial score (nSPS) is 22.9. The van der Waals surface area contributed by atoms with Gasteiger partial charge >= 0.3 is 0 Å². The number of hydrogen-bond donors (Lipinski definition) is 1. The van der Waals surface area contributed by atoms with Crippen molar-refractivity contribution in [2.45, 2.75) is 43.5 Å². The number of hydrogen-bond acceptors (Lipinski definition) is 5. The Bertz CT molecular complexity index is 638. The summed E-state index contributed by atoms with van der Waals surface area (Å²) >= 11 is 1.22. The molecule has 2 N–H and O–H groups in total. The maximum absolute atomic E-state index is 12.8. The molecule has 124 valence electrons. The highest BCUT2D eigenvalue weighted by Gasteiger charge is 2.44. The minimum atomic E-state index is -3.67. The van der Waals surface area contributed by atoms with Gasteiger partial charge in [0, 0.05) is 30.6 Å². The van der Waals surface area contributed by atoms with Crippen molar-refractivity contribution in [2.75, 3.05) is 19.6 Å². The molecule has 2 atom stereocenters. The van der Waals surface area contributed by atoms with Gasteiger partial charge < -0.3 is 10.6 Å². The fourth-order valence-corrected chi connectivity index (χ4v) is 5.80. The van der Waals surface area contributed by atoms with E-state index in [-0.39, 0.29) is 22.7 Å². The van der Waals surface area contributed by atoms with Crippen LogP contribution in [0.15, 0.2) is 16.3 Å². The summed E-state index contributed by atoms with van der Waals surface area (Å²) in [5.41, 5.74) is 5.94. The first-order valence-electron chi connectivity index (χ1n) is 7.43. The summed E-state index contributed by atoms with van der Waals surface area (Å²) in [5, 5.41) is 0. The van der Waals surface area contributed by atoms with Crippen LogP contribution < -0.4 is 5.73 Å². The SMILES string of the molecule is CCN(CC)C(=O)[C@@H]1C[C@H](N)CN1S(=O)(=O)c1ccc(C)s1. The number of sulfonamides is 1. The minimum Gasteiger partial charge on any atom is -0.342 e. The van der Waals surface area contributed by atoms with Crippen molar-refractivity contribution in [1.82, 2.24) is 9.21 Å². The minimum absolute atomic E-state index is 0.158. The quantitative estimate of drug-likeness (QED) is 0.863. The molecule has 1 aromatic rings. The number of nitrogens with two attached hydrogens (primary N) is 1. The summed E-state index contributed by atoms with van der Waals surface area (Å²) in [6.45, 7) is 6.95. The van der Waals surface area contributed by atoms with E-state index < -0.39 is 16.1 Å². The summed E-state index contributed by atoms with van der Waals surface area (Å²) in [4.78, 5) is 15.2. The van der Waals surface area contributed by atoms with Crippen molar-refractivity contribution in [2.24, 2.45) is 5.73 Å². The highest BCUT2D eigenvalue weighted by molar-refractivity contribution is 7.91. The lowest BCUT2D eigenvalue weighted by Gasteiger charge is -2.27. The highest BCUT2D eigenvalue weighted by Crippen LogP contribution is 2.30. The Morgan fingerprint density at radius 1 is 1.41 bits per heavy atom. The van der Waals surface area contributed by atoms with Gasteiger partial charge in [0.25, 0.3) is 10.0 Å². The van der Waals surface area contributed by atoms with E-state index in [0.717, 1.165) is 4.88 Å². The number of amides is 1. The maximum atomic E-state index is 12.8. The van der Waals surface area contributed by atoms with Crippen LogP contribution in [0.5, 0.6) is 0 Å². The Labute approximate surface area is 135 Å². The summed E-state index contributed by atoms with van der Waals surface area (Å²) in [6.07, 6.45) is 0.374. The van der Waals surface area contributed by atoms with Crippen molar-refractivity contribution >= 4 is 27.3 Å². The Morgan fingerprint density at radius 3 is 2.55 bits per heavy atom. The fraction of sp³-hybridized carbons (Fsp3) is 0.643. The van der Waals surface area contributed by atoms with E-state index in [1.54, 1.807) is 17.0 Å². The smallest absolute Gasteiger partial charge is 0.253 e. The zero-order chi connectivity index (χ0) is 16.5. The second-order valence-corrected chi connectivity index (χ2v) is 8.87. The number of likely N-dealkylation sites (N-methyl/N-ethyl adjacent to an activating group) is 1. The second-order valence-electron chi connectivity index (χ2n) is 5.46. The lowest BCUT2D eigenvalue weighted by molar-refractivity contribution is -0.134. The molecule has 6 nitrogen and oxygen atoms in total. The van der Waals surface area contributed by atoms with E-state index in [1.807, 2.05) is 20.8 Å². The van der Waals surface area contributed by atoms with Gasteiger partial charge in [-0.2, -0.15) is 4.31 Å². The Kier molecular flexibility index (Phi) is 5.26. The van der Waals surface area contributed by atoms with Crippen LogP contribution in [0.2, 0.25) is 0 Å². The van der Waals surface area contributed by atoms with Gasteiger partial charge in [-0.05, 0) is 39.3 Å². The summed E-state index contributed by atoms with van der Waals surface area (Å²) in [7, 11) is -3.67. The molecule has 1 saturated heterocycles. The Balaban J connectivity index is 2.33. The van der Waals surface area contributed by atoms with Crippen molar-refractivity contribution < 1.29 is 13.2 Å². The molecule has 0 aliphatic carbocycles. The molecule has 2 heterocycles. The Morgan fingerprint density at radius 2 is 2.05 bits per heavy atom. The van der Waals surface area contributed by atoms with Crippen molar-refractivity contribution in [3.05, 3.63) is 17.0 Å². The van der Waals surface area contributed by atoms with Gasteiger partial charge in [0.05, 0.1) is 0 Å². The maximum Gasteiger partial charge on any atom is 0.253 e. The van der Waals surface area contributed by atoms with Crippen LogP contribution >= 0.6 is 11.3 Å². The lowest BCUT2D eigenvalue weighted by Crippen LogP contribution is -2.47. The molecule has 0 radical (unpaired) electrons. The monoisotopic (exact) mass is 345 g/mol. The molecule has 0 saturated carbocycles. The van der Waals surface area contributed by atoms with E-state index in [9.17, 15) is 13.2 Å². The molecule has 1 aliphatic heterocycles. The number of carbonyl (C=O) groups excluding carboxylic acids is 1. The number of thiophene rings is 1. The summed E-state index contributed by atoms with van der Waals surface area (Å²) in [5.74, 6) is -0.158. The van der Waals surface area contributed by atoms with Crippen LogP contribution in [-0.4, -0.2) is 55.2 Å². The molecule has 0 aromatic carbocycles. The molecular weight excluding hydrogens is 322 g/mol. The van der Waals surface area contributed by atoms with Gasteiger partial charge in [-0.1, -0.05) is 0 Å². The van der Waals surface area contributed by atoms with Gasteiger partial charge in [0.1, 0.15) is 10.3 Å². The first-order chi connectivity index (χ1) is 10.3. The van der Waals surface area contributed by atoms with E-state index in [0.29, 0.717) is 19.5 Å². The van der Waals surface area contributed by atoms with Crippen LogP contribution in [0.25, 0.3) is 0 Å². The van der Waals surface area contributed by atoms with Gasteiger partial charge in [0.2, 0.25) is 5.91 Å². The molecule has 0 spiro atoms. The molecule has 22 heavy (non-hydrogen) atoms. The second kappa shape index (κ2) is 6.66. The van der Waals surface area contributed by atoms with Crippen LogP contribution in [0.3, 0.4) is 0 Å². The van der Waals surface area contributed by atoms with Gasteiger partial charge in [0.15, 0.2) is 0 Å². The highest BCUT2D eigenvalue weighted by atomic mass is 32.2. The summed E-state index contributed by atoms with van der Waals surface area (Å²) < 4.78 is 27.2. The zero-order valence-electron chi connectivity index (χ0n) is 13.2. The molecular formula is C14H23N3O3S2. The third kappa shape index (κ3) is 3.19. The predicted octanol–water partition coefficient (Wildman–Crippen LogP) is 1.02. The van der Waals surface area contributed by atoms with E-state index in [4.69, 9.17) is 5.73 Å². The van der Waals surface area contributed by atoms with Gasteiger partial charge in [-0.3, -0.25) is 4.79 Å². The van der Waals surface area contributed by atoms with Crippen LogP contribution in [0.4, 0.5) is 0 Å². The third-order valence-corrected chi connectivity index (χ3v) is 7.27. The van der Waals surface area contributed by atoms with E-state index in [2.05, 4.69) is 0 Å². The zero-order valence-corrected chi connectivity index (χ0v) is 14.8. The fourth-order valence-electron chi connectivity index (χ4n) is 2.74. The molecule has 1 aromatic heterocycles. The molecule has 1 amide bonds. The van der Waals surface area contributed by atoms with E-state index >= 15 is 0 Å². The van der Waals surface area contributed by atoms with E-state index in [1.165, 1.54) is 15.6 Å². The van der Waals surface area contributed by atoms with Gasteiger partial charge in [-0.25, -0.2) is 8.42 Å². The van der Waals surface area contributed by atoms with Gasteiger partial charge in [-0.15, -0.1) is 11.3 Å². The average Bonchev–Trinajstić information content (AvgIpc) is 3.06. The predicted molar refractivity (Wildman–Crippen MR) is 87.3 cm³/mol. The topological polar surface area (TPSA) is 83.7 Å². The molecule has 0 unspecified atom stereocenters. The number of rotatable bonds is 5. The Hall–Kier alpha value is -0.960. The van der Waals surface area contributed by atoms with Crippen molar-refractivity contribution in [1.29, 1.82) is 0 Å². The van der Waals surface area contributed by atoms with Crippen LogP contribution in [0, 0.1) is 6.92 Å². The molecule has 0 bridgehead atoms. The third-order valence-electron chi connectivity index (χ3n) is 3.93. The largest absolute Gasteiger partial charge is 0.342 e. The number of nitrogens with zero attached hydrogens (tertiary/aromatic N) is 2. The summed E-state index contributed by atoms with van der Waals surface area (Å²) in [6, 6.07) is 2.37. The number of carbonyl (C=O) groups is 1. The molecule has 2 rings (SSSR count). The first kappa shape index (κ1) is 17.4. The molecule has 8 heteroatoms. The molecule has 1 aliphatic rings. The molecule has 1 fully saturated rings. The standard InChI is InChI=1S/C14H23N3O3S2/c1-4-16(5-2)14(18)12-8-11(15)9-17(12)22(19,20)13-7-6-10(3)21-13/h6-7,11-12H,4-5,8-9,15H2,1-3H3/t11-,12-/m0/s1. The van der Waals surface area contributed by atoms with Crippen LogP contribution in [-0.2, 0) is 14.8 Å². The van der Waals surface area contributed by atoms with Crippen molar-refractivity contribution in [3.8, 4) is 0 Å². The first-order valence-corrected chi connectivity index (χ1v) is 9.69. The average molecular weight is 345 g/mol. The number of aryl methyl sites for hydroxylation is 1. The lowest BCUT2D eigenvalue weighted by atomic mass is 10.1.